The Bertz CT molecular complexity index is 388. The molecule has 0 atom stereocenters. The van der Waals surface area contributed by atoms with Gasteiger partial charge in [-0.05, 0) is 43.5 Å². The van der Waals surface area contributed by atoms with E-state index in [0.29, 0.717) is 0 Å². The van der Waals surface area contributed by atoms with E-state index in [0.717, 1.165) is 30.7 Å². The van der Waals surface area contributed by atoms with Gasteiger partial charge in [-0.3, -0.25) is 0 Å². The molecule has 1 aliphatic rings. The minimum absolute atomic E-state index is 0.751. The van der Waals surface area contributed by atoms with Crippen LogP contribution in [0.2, 0.25) is 5.02 Å². The quantitative estimate of drug-likeness (QED) is 0.807. The Hall–Kier alpha value is -0.730. The van der Waals surface area contributed by atoms with Gasteiger partial charge in [0.1, 0.15) is 0 Å². The van der Waals surface area contributed by atoms with Crippen LogP contribution < -0.4 is 10.2 Å². The molecule has 2 nitrogen and oxygen atoms in total. The largest absolute Gasteiger partial charge is 0.369 e. The van der Waals surface area contributed by atoms with Crippen molar-refractivity contribution in [1.29, 1.82) is 0 Å². The summed E-state index contributed by atoms with van der Waals surface area (Å²) in [5.74, 6) is 0. The van der Waals surface area contributed by atoms with Crippen molar-refractivity contribution in [2.45, 2.75) is 45.7 Å². The van der Waals surface area contributed by atoms with Gasteiger partial charge in [-0.25, -0.2) is 0 Å². The molecule has 0 radical (unpaired) electrons. The molecule has 0 aromatic heterocycles. The summed E-state index contributed by atoms with van der Waals surface area (Å²) in [6, 6.07) is 7.25. The number of hydrogen-bond acceptors (Lipinski definition) is 2. The first kappa shape index (κ1) is 13.7. The van der Waals surface area contributed by atoms with Crippen LogP contribution in [0.4, 0.5) is 5.69 Å². The van der Waals surface area contributed by atoms with Crippen LogP contribution in [0.15, 0.2) is 18.2 Å². The number of rotatable bonds is 7. The van der Waals surface area contributed by atoms with E-state index in [-0.39, 0.29) is 0 Å². The summed E-state index contributed by atoms with van der Waals surface area (Å²) in [5.41, 5.74) is 2.47. The summed E-state index contributed by atoms with van der Waals surface area (Å²) in [6.07, 6.45) is 3.85. The summed E-state index contributed by atoms with van der Waals surface area (Å²) in [5, 5.41) is 4.20. The van der Waals surface area contributed by atoms with Crippen LogP contribution in [0.1, 0.15) is 38.7 Å². The molecule has 1 N–H and O–H groups in total. The van der Waals surface area contributed by atoms with Gasteiger partial charge < -0.3 is 10.2 Å². The fourth-order valence-electron chi connectivity index (χ4n) is 2.27. The maximum absolute atomic E-state index is 6.37. The lowest BCUT2D eigenvalue weighted by molar-refractivity contribution is 0.725. The van der Waals surface area contributed by atoms with Crippen LogP contribution in [0, 0.1) is 0 Å². The third kappa shape index (κ3) is 3.39. The van der Waals surface area contributed by atoms with Gasteiger partial charge in [-0.2, -0.15) is 0 Å². The molecule has 2 rings (SSSR count). The predicted octanol–water partition coefficient (Wildman–Crippen LogP) is 3.83. The van der Waals surface area contributed by atoms with Crippen molar-refractivity contribution in [3.63, 3.8) is 0 Å². The van der Waals surface area contributed by atoms with Crippen molar-refractivity contribution in [3.05, 3.63) is 28.8 Å². The molecule has 1 fully saturated rings. The highest BCUT2D eigenvalue weighted by Gasteiger charge is 2.28. The van der Waals surface area contributed by atoms with Gasteiger partial charge in [-0.1, -0.05) is 31.5 Å². The molecule has 1 saturated carbocycles. The van der Waals surface area contributed by atoms with Crippen molar-refractivity contribution in [1.82, 2.24) is 5.32 Å². The predicted molar refractivity (Wildman–Crippen MR) is 79.5 cm³/mol. The highest BCUT2D eigenvalue weighted by atomic mass is 35.5. The summed E-state index contributed by atoms with van der Waals surface area (Å²) >= 11 is 6.37. The zero-order valence-corrected chi connectivity index (χ0v) is 12.1. The molecular weight excluding hydrogens is 244 g/mol. The number of benzene rings is 1. The minimum Gasteiger partial charge on any atom is -0.369 e. The number of nitrogens with zero attached hydrogens (tertiary/aromatic N) is 1. The maximum Gasteiger partial charge on any atom is 0.0471 e. The van der Waals surface area contributed by atoms with E-state index < -0.39 is 0 Å². The van der Waals surface area contributed by atoms with Crippen LogP contribution in [0.5, 0.6) is 0 Å². The van der Waals surface area contributed by atoms with E-state index in [2.05, 4.69) is 42.3 Å². The lowest BCUT2D eigenvalue weighted by Gasteiger charge is -2.24. The topological polar surface area (TPSA) is 15.3 Å². The zero-order valence-electron chi connectivity index (χ0n) is 11.4. The number of nitrogens with one attached hydrogen (secondary N) is 1. The van der Waals surface area contributed by atoms with Crippen LogP contribution in [-0.4, -0.2) is 19.1 Å². The molecule has 100 valence electrons. The molecule has 1 aromatic carbocycles. The molecule has 0 saturated heterocycles. The van der Waals surface area contributed by atoms with Crippen molar-refractivity contribution in [2.24, 2.45) is 0 Å². The molecular formula is C15H23ClN2. The van der Waals surface area contributed by atoms with Crippen molar-refractivity contribution in [3.8, 4) is 0 Å². The van der Waals surface area contributed by atoms with Crippen LogP contribution in [0.25, 0.3) is 0 Å². The number of anilines is 1. The molecule has 1 aliphatic carbocycles. The first-order chi connectivity index (χ1) is 8.76. The average molecular weight is 267 g/mol. The molecule has 0 bridgehead atoms. The summed E-state index contributed by atoms with van der Waals surface area (Å²) < 4.78 is 0. The maximum atomic E-state index is 6.37. The van der Waals surface area contributed by atoms with Gasteiger partial charge in [-0.15, -0.1) is 0 Å². The minimum atomic E-state index is 0.751. The van der Waals surface area contributed by atoms with Gasteiger partial charge in [0.15, 0.2) is 0 Å². The Balaban J connectivity index is 2.10. The Morgan fingerprint density at radius 2 is 2.11 bits per heavy atom. The summed E-state index contributed by atoms with van der Waals surface area (Å²) in [6.45, 7) is 7.30. The highest BCUT2D eigenvalue weighted by molar-refractivity contribution is 6.31. The SMILES string of the molecule is CCCN(c1ccc(CNCC)c(Cl)c1)C1CC1. The smallest absolute Gasteiger partial charge is 0.0471 e. The lowest BCUT2D eigenvalue weighted by Crippen LogP contribution is -2.26. The fourth-order valence-corrected chi connectivity index (χ4v) is 2.51. The molecule has 0 heterocycles. The third-order valence-corrected chi connectivity index (χ3v) is 3.74. The summed E-state index contributed by atoms with van der Waals surface area (Å²) in [7, 11) is 0. The van der Waals surface area contributed by atoms with Crippen LogP contribution >= 0.6 is 11.6 Å². The van der Waals surface area contributed by atoms with Gasteiger partial charge in [0.05, 0.1) is 0 Å². The van der Waals surface area contributed by atoms with Crippen LogP contribution in [-0.2, 0) is 6.54 Å². The van der Waals surface area contributed by atoms with E-state index in [4.69, 9.17) is 11.6 Å². The molecule has 18 heavy (non-hydrogen) atoms. The molecule has 0 amide bonds. The molecule has 3 heteroatoms. The second-order valence-electron chi connectivity index (χ2n) is 4.98. The van der Waals surface area contributed by atoms with E-state index in [1.165, 1.54) is 30.5 Å². The standard InChI is InChI=1S/C15H23ClN2/c1-3-9-18(13-7-8-13)14-6-5-12(11-17-4-2)15(16)10-14/h5-6,10,13,17H,3-4,7-9,11H2,1-2H3. The van der Waals surface area contributed by atoms with Gasteiger partial charge in [0.25, 0.3) is 0 Å². The monoisotopic (exact) mass is 266 g/mol. The highest BCUT2D eigenvalue weighted by Crippen LogP contribution is 2.33. The van der Waals surface area contributed by atoms with Crippen molar-refractivity contribution >= 4 is 17.3 Å². The molecule has 1 aromatic rings. The Kier molecular flexibility index (Phi) is 4.90. The number of hydrogen-bond donors (Lipinski definition) is 1. The molecule has 0 aliphatic heterocycles. The third-order valence-electron chi connectivity index (χ3n) is 3.39. The second kappa shape index (κ2) is 6.44. The Labute approximate surface area is 115 Å². The normalized spacial score (nSPS) is 14.8. The van der Waals surface area contributed by atoms with E-state index in [9.17, 15) is 0 Å². The van der Waals surface area contributed by atoms with E-state index >= 15 is 0 Å². The summed E-state index contributed by atoms with van der Waals surface area (Å²) in [4.78, 5) is 2.50. The van der Waals surface area contributed by atoms with Crippen molar-refractivity contribution in [2.75, 3.05) is 18.0 Å². The zero-order chi connectivity index (χ0) is 13.0. The Morgan fingerprint density at radius 3 is 2.67 bits per heavy atom. The first-order valence-corrected chi connectivity index (χ1v) is 7.39. The molecule has 0 spiro atoms. The second-order valence-corrected chi connectivity index (χ2v) is 5.39. The van der Waals surface area contributed by atoms with Gasteiger partial charge >= 0.3 is 0 Å². The van der Waals surface area contributed by atoms with Gasteiger partial charge in [0.2, 0.25) is 0 Å². The fraction of sp³-hybridized carbons (Fsp3) is 0.600. The average Bonchev–Trinajstić information content (AvgIpc) is 3.19. The van der Waals surface area contributed by atoms with Crippen LogP contribution in [0.3, 0.4) is 0 Å². The van der Waals surface area contributed by atoms with Gasteiger partial charge in [0, 0.05) is 29.8 Å². The molecule has 0 unspecified atom stereocenters. The lowest BCUT2D eigenvalue weighted by atomic mass is 10.2. The first-order valence-electron chi connectivity index (χ1n) is 7.02. The van der Waals surface area contributed by atoms with E-state index in [1.54, 1.807) is 0 Å². The Morgan fingerprint density at radius 1 is 1.33 bits per heavy atom. The van der Waals surface area contributed by atoms with Crippen molar-refractivity contribution < 1.29 is 0 Å². The van der Waals surface area contributed by atoms with E-state index in [1.807, 2.05) is 0 Å². The number of halogens is 1.